The van der Waals surface area contributed by atoms with E-state index in [2.05, 4.69) is 0 Å². The molecule has 18 heavy (non-hydrogen) atoms. The van der Waals surface area contributed by atoms with Gasteiger partial charge >= 0.3 is 0 Å². The third-order valence-corrected chi connectivity index (χ3v) is 2.92. The zero-order chi connectivity index (χ0) is 12.4. The van der Waals surface area contributed by atoms with Gasteiger partial charge in [-0.2, -0.15) is 0 Å². The van der Waals surface area contributed by atoms with Crippen molar-refractivity contribution in [3.63, 3.8) is 0 Å². The summed E-state index contributed by atoms with van der Waals surface area (Å²) in [6.45, 7) is 1.08. The lowest BCUT2D eigenvalue weighted by molar-refractivity contribution is 0.0786. The van der Waals surface area contributed by atoms with Crippen LogP contribution in [0.3, 0.4) is 0 Å². The molecule has 2 N–H and O–H groups in total. The molecule has 0 bridgehead atoms. The average Bonchev–Trinajstić information content (AvgIpc) is 2.75. The van der Waals surface area contributed by atoms with E-state index in [4.69, 9.17) is 10.5 Å². The molecule has 0 unspecified atom stereocenters. The van der Waals surface area contributed by atoms with Crippen LogP contribution >= 0.6 is 12.4 Å². The molecule has 1 atom stereocenters. The molecule has 1 amide bonds. The van der Waals surface area contributed by atoms with Crippen LogP contribution in [0.25, 0.3) is 0 Å². The molecule has 1 aliphatic heterocycles. The van der Waals surface area contributed by atoms with Crippen molar-refractivity contribution in [1.29, 1.82) is 0 Å². The Labute approximate surface area is 111 Å². The Balaban J connectivity index is 0.00000162. The molecule has 0 spiro atoms. The number of nitrogens with two attached hydrogens (primary N) is 1. The van der Waals surface area contributed by atoms with E-state index in [-0.39, 0.29) is 29.9 Å². The van der Waals surface area contributed by atoms with Crippen molar-refractivity contribution >= 4 is 18.3 Å². The van der Waals surface area contributed by atoms with Crippen LogP contribution in [0.1, 0.15) is 16.8 Å². The molecular weight excluding hydrogens is 259 g/mol. The summed E-state index contributed by atoms with van der Waals surface area (Å²) in [6.07, 6.45) is 0.767. The number of hydrogen-bond donors (Lipinski definition) is 1. The summed E-state index contributed by atoms with van der Waals surface area (Å²) in [7, 11) is 1.45. The van der Waals surface area contributed by atoms with Crippen molar-refractivity contribution in [2.45, 2.75) is 12.5 Å². The Kier molecular flexibility index (Phi) is 4.93. The standard InChI is InChI=1S/C12H15FN2O2.ClH/c1-17-9-2-3-10(11(13)6-9)12(16)15-5-4-8(14)7-15;/h2-3,6,8H,4-5,7,14H2,1H3;1H/t8-;/m1./s1. The minimum Gasteiger partial charge on any atom is -0.497 e. The summed E-state index contributed by atoms with van der Waals surface area (Å²) in [4.78, 5) is 13.6. The molecule has 1 aromatic rings. The van der Waals surface area contributed by atoms with Crippen LogP contribution in [-0.4, -0.2) is 37.0 Å². The number of methoxy groups -OCH3 is 1. The highest BCUT2D eigenvalue weighted by Crippen LogP contribution is 2.19. The fraction of sp³-hybridized carbons (Fsp3) is 0.417. The topological polar surface area (TPSA) is 55.6 Å². The first-order valence-corrected chi connectivity index (χ1v) is 5.50. The number of ether oxygens (including phenoxy) is 1. The van der Waals surface area contributed by atoms with Gasteiger partial charge in [0.25, 0.3) is 5.91 Å². The Morgan fingerprint density at radius 1 is 1.56 bits per heavy atom. The number of carbonyl (C=O) groups excluding carboxylic acids is 1. The quantitative estimate of drug-likeness (QED) is 0.888. The maximum Gasteiger partial charge on any atom is 0.256 e. The van der Waals surface area contributed by atoms with E-state index in [1.807, 2.05) is 0 Å². The lowest BCUT2D eigenvalue weighted by atomic mass is 10.2. The van der Waals surface area contributed by atoms with Gasteiger partial charge in [0.05, 0.1) is 12.7 Å². The molecule has 1 fully saturated rings. The van der Waals surface area contributed by atoms with Crippen molar-refractivity contribution in [3.8, 4) is 5.75 Å². The van der Waals surface area contributed by atoms with Crippen LogP contribution in [0.15, 0.2) is 18.2 Å². The number of rotatable bonds is 2. The lowest BCUT2D eigenvalue weighted by Crippen LogP contribution is -2.32. The fourth-order valence-corrected chi connectivity index (χ4v) is 1.94. The van der Waals surface area contributed by atoms with E-state index in [9.17, 15) is 9.18 Å². The molecule has 0 saturated carbocycles. The molecule has 1 saturated heterocycles. The molecule has 1 aliphatic rings. The first-order valence-electron chi connectivity index (χ1n) is 5.50. The maximum absolute atomic E-state index is 13.7. The predicted molar refractivity (Wildman–Crippen MR) is 68.7 cm³/mol. The number of halogens is 2. The zero-order valence-corrected chi connectivity index (χ0v) is 10.9. The molecular formula is C12H16ClFN2O2. The van der Waals surface area contributed by atoms with Crippen molar-refractivity contribution in [2.75, 3.05) is 20.2 Å². The van der Waals surface area contributed by atoms with Crippen LogP contribution in [0.2, 0.25) is 0 Å². The number of benzene rings is 1. The molecule has 6 heteroatoms. The minimum absolute atomic E-state index is 0. The van der Waals surface area contributed by atoms with Crippen molar-refractivity contribution < 1.29 is 13.9 Å². The normalized spacial score (nSPS) is 18.4. The number of likely N-dealkylation sites (tertiary alicyclic amines) is 1. The van der Waals surface area contributed by atoms with Gasteiger partial charge in [-0.3, -0.25) is 4.79 Å². The highest BCUT2D eigenvalue weighted by molar-refractivity contribution is 5.94. The first kappa shape index (κ1) is 14.7. The minimum atomic E-state index is -0.560. The molecule has 4 nitrogen and oxygen atoms in total. The van der Waals surface area contributed by atoms with Gasteiger partial charge < -0.3 is 15.4 Å². The molecule has 2 rings (SSSR count). The summed E-state index contributed by atoms with van der Waals surface area (Å²) in [5.74, 6) is -0.468. The molecule has 0 aliphatic carbocycles. The largest absolute Gasteiger partial charge is 0.497 e. The van der Waals surface area contributed by atoms with E-state index in [0.717, 1.165) is 6.42 Å². The van der Waals surface area contributed by atoms with Crippen LogP contribution in [0.5, 0.6) is 5.75 Å². The third-order valence-electron chi connectivity index (χ3n) is 2.92. The number of carbonyl (C=O) groups is 1. The van der Waals surface area contributed by atoms with Gasteiger partial charge in [0.2, 0.25) is 0 Å². The first-order chi connectivity index (χ1) is 8.11. The highest BCUT2D eigenvalue weighted by atomic mass is 35.5. The molecule has 1 aromatic carbocycles. The second-order valence-electron chi connectivity index (χ2n) is 4.15. The monoisotopic (exact) mass is 274 g/mol. The van der Waals surface area contributed by atoms with Crippen molar-refractivity contribution in [2.24, 2.45) is 5.73 Å². The van der Waals surface area contributed by atoms with Gasteiger partial charge in [-0.1, -0.05) is 0 Å². The fourth-order valence-electron chi connectivity index (χ4n) is 1.94. The summed E-state index contributed by atoms with van der Waals surface area (Å²) in [6, 6.07) is 4.23. The Hall–Kier alpha value is -1.33. The predicted octanol–water partition coefficient (Wildman–Crippen LogP) is 1.43. The summed E-state index contributed by atoms with van der Waals surface area (Å²) < 4.78 is 18.6. The Morgan fingerprint density at radius 3 is 2.78 bits per heavy atom. The van der Waals surface area contributed by atoms with E-state index in [1.54, 1.807) is 11.0 Å². The lowest BCUT2D eigenvalue weighted by Gasteiger charge is -2.16. The third kappa shape index (κ3) is 2.91. The summed E-state index contributed by atoms with van der Waals surface area (Å²) in [5.41, 5.74) is 5.79. The molecule has 0 radical (unpaired) electrons. The highest BCUT2D eigenvalue weighted by Gasteiger charge is 2.26. The van der Waals surface area contributed by atoms with Crippen molar-refractivity contribution in [3.05, 3.63) is 29.6 Å². The van der Waals surface area contributed by atoms with E-state index >= 15 is 0 Å². The van der Waals surface area contributed by atoms with Crippen molar-refractivity contribution in [1.82, 2.24) is 4.90 Å². The second kappa shape index (κ2) is 6.02. The van der Waals surface area contributed by atoms with E-state index < -0.39 is 5.82 Å². The second-order valence-corrected chi connectivity index (χ2v) is 4.15. The Morgan fingerprint density at radius 2 is 2.28 bits per heavy atom. The van der Waals surface area contributed by atoms with Gasteiger partial charge in [-0.15, -0.1) is 12.4 Å². The molecule has 0 aromatic heterocycles. The maximum atomic E-state index is 13.7. The van der Waals surface area contributed by atoms with E-state index in [0.29, 0.717) is 18.8 Å². The van der Waals surface area contributed by atoms with Crippen LogP contribution < -0.4 is 10.5 Å². The zero-order valence-electron chi connectivity index (χ0n) is 10.1. The van der Waals surface area contributed by atoms with Gasteiger partial charge in [0, 0.05) is 25.2 Å². The smallest absolute Gasteiger partial charge is 0.256 e. The van der Waals surface area contributed by atoms with Gasteiger partial charge in [0.15, 0.2) is 0 Å². The summed E-state index contributed by atoms with van der Waals surface area (Å²) >= 11 is 0. The van der Waals surface area contributed by atoms with Crippen LogP contribution in [-0.2, 0) is 0 Å². The average molecular weight is 275 g/mol. The van der Waals surface area contributed by atoms with Crippen LogP contribution in [0.4, 0.5) is 4.39 Å². The van der Waals surface area contributed by atoms with Gasteiger partial charge in [-0.05, 0) is 18.6 Å². The number of hydrogen-bond acceptors (Lipinski definition) is 3. The molecule has 100 valence electrons. The number of amides is 1. The van der Waals surface area contributed by atoms with Gasteiger partial charge in [0.1, 0.15) is 11.6 Å². The summed E-state index contributed by atoms with van der Waals surface area (Å²) in [5, 5.41) is 0. The number of nitrogens with zero attached hydrogens (tertiary/aromatic N) is 1. The van der Waals surface area contributed by atoms with Crippen LogP contribution in [0, 0.1) is 5.82 Å². The van der Waals surface area contributed by atoms with E-state index in [1.165, 1.54) is 19.2 Å². The Bertz CT molecular complexity index is 442. The molecule has 1 heterocycles. The SMILES string of the molecule is COc1ccc(C(=O)N2CC[C@@H](N)C2)c(F)c1.Cl. The van der Waals surface area contributed by atoms with Gasteiger partial charge in [-0.25, -0.2) is 4.39 Å².